The Kier molecular flexibility index (Phi) is 5.83. The van der Waals surface area contributed by atoms with Crippen LogP contribution in [-0.4, -0.2) is 67.2 Å². The van der Waals surface area contributed by atoms with Gasteiger partial charge in [0.15, 0.2) is 11.5 Å². The van der Waals surface area contributed by atoms with E-state index in [1.165, 1.54) is 6.33 Å². The Balaban J connectivity index is 1.45. The summed E-state index contributed by atoms with van der Waals surface area (Å²) in [6.07, 6.45) is 1.52. The second kappa shape index (κ2) is 8.86. The fraction of sp³-hybridized carbons (Fsp3) is 0.273. The summed E-state index contributed by atoms with van der Waals surface area (Å²) in [5.74, 6) is 1.56. The number of aromatic nitrogens is 2. The normalized spacial score (nSPS) is 13.7. The Morgan fingerprint density at radius 1 is 0.935 bits per heavy atom. The Bertz CT molecular complexity index is 1100. The highest BCUT2D eigenvalue weighted by molar-refractivity contribution is 6.04. The number of ether oxygens (including phenoxy) is 2. The maximum Gasteiger partial charge on any atom is 0.324 e. The van der Waals surface area contributed by atoms with Gasteiger partial charge in [-0.3, -0.25) is 10.1 Å². The number of fused-ring (bicyclic) bond motifs is 1. The van der Waals surface area contributed by atoms with Crippen LogP contribution in [0.15, 0.2) is 48.8 Å². The third-order valence-electron chi connectivity index (χ3n) is 5.24. The van der Waals surface area contributed by atoms with Crippen LogP contribution < -0.4 is 19.7 Å². The number of carbonyl (C=O) groups is 2. The molecule has 3 amide bonds. The van der Waals surface area contributed by atoms with Crippen LogP contribution in [0.3, 0.4) is 0 Å². The number of urea groups is 1. The van der Waals surface area contributed by atoms with Crippen molar-refractivity contribution in [2.75, 3.05) is 45.3 Å². The molecule has 9 nitrogen and oxygen atoms in total. The van der Waals surface area contributed by atoms with Gasteiger partial charge in [0.2, 0.25) is 0 Å². The number of nitrogens with zero attached hydrogens (tertiary/aromatic N) is 4. The zero-order valence-corrected chi connectivity index (χ0v) is 17.4. The van der Waals surface area contributed by atoms with E-state index < -0.39 is 11.9 Å². The van der Waals surface area contributed by atoms with E-state index >= 15 is 0 Å². The van der Waals surface area contributed by atoms with Crippen molar-refractivity contribution in [1.82, 2.24) is 20.2 Å². The van der Waals surface area contributed by atoms with Gasteiger partial charge >= 0.3 is 6.03 Å². The summed E-state index contributed by atoms with van der Waals surface area (Å²) in [4.78, 5) is 37.3. The molecule has 1 N–H and O–H groups in total. The highest BCUT2D eigenvalue weighted by atomic mass is 16.5. The fourth-order valence-electron chi connectivity index (χ4n) is 3.58. The van der Waals surface area contributed by atoms with Gasteiger partial charge in [-0.1, -0.05) is 18.2 Å². The summed E-state index contributed by atoms with van der Waals surface area (Å²) in [5.41, 5.74) is 1.20. The number of benzene rings is 2. The number of hydrogen-bond acceptors (Lipinski definition) is 7. The molecule has 0 radical (unpaired) electrons. The lowest BCUT2D eigenvalue weighted by Gasteiger charge is -2.35. The zero-order valence-electron chi connectivity index (χ0n) is 17.4. The van der Waals surface area contributed by atoms with Gasteiger partial charge in [-0.2, -0.15) is 0 Å². The zero-order chi connectivity index (χ0) is 21.8. The van der Waals surface area contributed by atoms with E-state index in [2.05, 4.69) is 20.2 Å². The Morgan fingerprint density at radius 2 is 1.61 bits per heavy atom. The molecular formula is C22H23N5O4. The molecule has 1 aliphatic rings. The van der Waals surface area contributed by atoms with E-state index in [9.17, 15) is 9.59 Å². The topological polar surface area (TPSA) is 96.9 Å². The minimum atomic E-state index is -0.407. The molecule has 0 atom stereocenters. The molecule has 1 aliphatic heterocycles. The minimum absolute atomic E-state index is 0.396. The van der Waals surface area contributed by atoms with E-state index in [1.54, 1.807) is 43.4 Å². The van der Waals surface area contributed by atoms with Crippen molar-refractivity contribution in [3.63, 3.8) is 0 Å². The summed E-state index contributed by atoms with van der Waals surface area (Å²) >= 11 is 0. The molecule has 1 aromatic heterocycles. The number of amides is 3. The first-order valence-corrected chi connectivity index (χ1v) is 9.87. The number of carbonyl (C=O) groups excluding carboxylic acids is 2. The summed E-state index contributed by atoms with van der Waals surface area (Å²) in [6, 6.07) is 12.0. The Labute approximate surface area is 179 Å². The quantitative estimate of drug-likeness (QED) is 0.690. The largest absolute Gasteiger partial charge is 0.493 e. The SMILES string of the molecule is COc1cc2ncnc(N3CCN(C(=O)NC(=O)c4ccccc4)CC3)c2cc1OC. The second-order valence-corrected chi connectivity index (χ2v) is 7.02. The average molecular weight is 421 g/mol. The lowest BCUT2D eigenvalue weighted by atomic mass is 10.2. The van der Waals surface area contributed by atoms with E-state index in [4.69, 9.17) is 9.47 Å². The minimum Gasteiger partial charge on any atom is -0.493 e. The van der Waals surface area contributed by atoms with E-state index in [0.717, 1.165) is 16.7 Å². The van der Waals surface area contributed by atoms with Gasteiger partial charge in [0.05, 0.1) is 19.7 Å². The molecule has 0 unspecified atom stereocenters. The predicted octanol–water partition coefficient (Wildman–Crippen LogP) is 2.32. The van der Waals surface area contributed by atoms with Crippen LogP contribution in [0.2, 0.25) is 0 Å². The number of anilines is 1. The maximum atomic E-state index is 12.5. The first kappa shape index (κ1) is 20.4. The highest BCUT2D eigenvalue weighted by Gasteiger charge is 2.25. The molecule has 1 fully saturated rings. The molecule has 9 heteroatoms. The smallest absolute Gasteiger partial charge is 0.324 e. The lowest BCUT2D eigenvalue weighted by Crippen LogP contribution is -2.53. The molecule has 0 spiro atoms. The molecule has 0 aliphatic carbocycles. The molecule has 2 heterocycles. The van der Waals surface area contributed by atoms with Crippen LogP contribution >= 0.6 is 0 Å². The van der Waals surface area contributed by atoms with Crippen molar-refractivity contribution < 1.29 is 19.1 Å². The lowest BCUT2D eigenvalue weighted by molar-refractivity contribution is 0.0951. The third-order valence-corrected chi connectivity index (χ3v) is 5.24. The van der Waals surface area contributed by atoms with Gasteiger partial charge in [0.25, 0.3) is 5.91 Å². The Morgan fingerprint density at radius 3 is 2.29 bits per heavy atom. The van der Waals surface area contributed by atoms with Crippen molar-refractivity contribution in [3.8, 4) is 11.5 Å². The van der Waals surface area contributed by atoms with Crippen LogP contribution in [-0.2, 0) is 0 Å². The van der Waals surface area contributed by atoms with Gasteiger partial charge in [0, 0.05) is 43.2 Å². The summed E-state index contributed by atoms with van der Waals surface area (Å²) in [7, 11) is 3.17. The summed E-state index contributed by atoms with van der Waals surface area (Å²) in [6.45, 7) is 2.08. The summed E-state index contributed by atoms with van der Waals surface area (Å²) < 4.78 is 10.8. The van der Waals surface area contributed by atoms with Crippen LogP contribution in [0.25, 0.3) is 10.9 Å². The van der Waals surface area contributed by atoms with E-state index in [1.807, 2.05) is 18.2 Å². The number of hydrogen-bond donors (Lipinski definition) is 1. The second-order valence-electron chi connectivity index (χ2n) is 7.02. The van der Waals surface area contributed by atoms with Crippen molar-refractivity contribution in [1.29, 1.82) is 0 Å². The molecule has 31 heavy (non-hydrogen) atoms. The van der Waals surface area contributed by atoms with Crippen LogP contribution in [0.5, 0.6) is 11.5 Å². The third kappa shape index (κ3) is 4.20. The number of nitrogens with one attached hydrogen (secondary N) is 1. The number of imide groups is 1. The molecular weight excluding hydrogens is 398 g/mol. The highest BCUT2D eigenvalue weighted by Crippen LogP contribution is 2.34. The van der Waals surface area contributed by atoms with Gasteiger partial charge in [-0.25, -0.2) is 14.8 Å². The van der Waals surface area contributed by atoms with Gasteiger partial charge in [-0.15, -0.1) is 0 Å². The van der Waals surface area contributed by atoms with Crippen molar-refractivity contribution in [3.05, 3.63) is 54.4 Å². The van der Waals surface area contributed by atoms with E-state index in [0.29, 0.717) is 43.2 Å². The molecule has 3 aromatic rings. The van der Waals surface area contributed by atoms with Crippen LogP contribution in [0, 0.1) is 0 Å². The number of piperazine rings is 1. The van der Waals surface area contributed by atoms with Crippen molar-refractivity contribution in [2.24, 2.45) is 0 Å². The molecule has 0 saturated carbocycles. The maximum absolute atomic E-state index is 12.5. The van der Waals surface area contributed by atoms with E-state index in [-0.39, 0.29) is 0 Å². The first-order valence-electron chi connectivity index (χ1n) is 9.87. The van der Waals surface area contributed by atoms with Crippen LogP contribution in [0.4, 0.5) is 10.6 Å². The fourth-order valence-corrected chi connectivity index (χ4v) is 3.58. The Hall–Kier alpha value is -3.88. The monoisotopic (exact) mass is 421 g/mol. The molecule has 2 aromatic carbocycles. The van der Waals surface area contributed by atoms with Gasteiger partial charge in [-0.05, 0) is 18.2 Å². The van der Waals surface area contributed by atoms with Crippen molar-refractivity contribution >= 4 is 28.7 Å². The first-order chi connectivity index (χ1) is 15.1. The number of methoxy groups -OCH3 is 2. The molecule has 1 saturated heterocycles. The van der Waals surface area contributed by atoms with Crippen molar-refractivity contribution in [2.45, 2.75) is 0 Å². The molecule has 4 rings (SSSR count). The average Bonchev–Trinajstić information content (AvgIpc) is 2.83. The van der Waals surface area contributed by atoms with Gasteiger partial charge in [0.1, 0.15) is 12.1 Å². The van der Waals surface area contributed by atoms with Crippen LogP contribution in [0.1, 0.15) is 10.4 Å². The molecule has 0 bridgehead atoms. The molecule has 160 valence electrons. The summed E-state index contributed by atoms with van der Waals surface area (Å²) in [5, 5.41) is 3.30. The predicted molar refractivity (Wildman–Crippen MR) is 116 cm³/mol. The number of rotatable bonds is 4. The standard InChI is InChI=1S/C22H23N5O4/c1-30-18-12-16-17(13-19(18)31-2)23-14-24-20(16)26-8-10-27(11-9-26)22(29)25-21(28)15-6-4-3-5-7-15/h3-7,12-14H,8-11H2,1-2H3,(H,25,28,29). The van der Waals surface area contributed by atoms with Gasteiger partial charge < -0.3 is 19.3 Å².